The number of cyclic esters (lactones) is 1. The van der Waals surface area contributed by atoms with E-state index in [4.69, 9.17) is 19.2 Å². The zero-order valence-corrected chi connectivity index (χ0v) is 22.1. The van der Waals surface area contributed by atoms with Crippen LogP contribution in [0.1, 0.15) is 82.4 Å². The SMILES string of the molecule is CCCCCOc1c2c(nc3ccccc13)-c1cc3c(c(=O)n1C2)COC(=O)[C@@]3(CC)OCCCCC. The second-order valence-corrected chi connectivity index (χ2v) is 9.97. The standard InChI is InChI=1S/C30H36N2O5/c1-4-7-11-15-35-27-20-13-9-10-14-24(20)31-26-21(27)18-32-25(26)17-23-22(28(32)33)19-36-29(34)30(23,6-3)37-16-12-8-5-2/h9-10,13-14,17H,4-8,11-12,15-16,18-19H2,1-3H3/t30-/m0/s1. The number of carbonyl (C=O) groups is 1. The van der Waals surface area contributed by atoms with Crippen LogP contribution >= 0.6 is 0 Å². The van der Waals surface area contributed by atoms with Gasteiger partial charge in [0.1, 0.15) is 12.4 Å². The molecule has 0 spiro atoms. The Bertz CT molecular complexity index is 1380. The largest absolute Gasteiger partial charge is 0.492 e. The first-order valence-corrected chi connectivity index (χ1v) is 13.7. The van der Waals surface area contributed by atoms with Gasteiger partial charge in [0.25, 0.3) is 5.56 Å². The van der Waals surface area contributed by atoms with Gasteiger partial charge in [-0.2, -0.15) is 0 Å². The van der Waals surface area contributed by atoms with Crippen LogP contribution in [0.4, 0.5) is 0 Å². The van der Waals surface area contributed by atoms with Gasteiger partial charge in [-0.05, 0) is 37.5 Å². The quantitative estimate of drug-likeness (QED) is 0.188. The molecule has 0 unspecified atom stereocenters. The summed E-state index contributed by atoms with van der Waals surface area (Å²) in [6, 6.07) is 9.87. The minimum Gasteiger partial charge on any atom is -0.492 e. The summed E-state index contributed by atoms with van der Waals surface area (Å²) in [6.07, 6.45) is 6.49. The Kier molecular flexibility index (Phi) is 7.33. The van der Waals surface area contributed by atoms with E-state index < -0.39 is 11.6 Å². The third-order valence-electron chi connectivity index (χ3n) is 7.60. The zero-order chi connectivity index (χ0) is 26.0. The van der Waals surface area contributed by atoms with Crippen LogP contribution in [0, 0.1) is 0 Å². The van der Waals surface area contributed by atoms with Gasteiger partial charge in [-0.3, -0.25) is 4.79 Å². The van der Waals surface area contributed by atoms with Crippen molar-refractivity contribution in [1.29, 1.82) is 0 Å². The molecular weight excluding hydrogens is 468 g/mol. The molecule has 4 heterocycles. The van der Waals surface area contributed by atoms with Gasteiger partial charge in [0.05, 0.1) is 35.6 Å². The van der Waals surface area contributed by atoms with Crippen LogP contribution in [0.25, 0.3) is 22.3 Å². The number of carbonyl (C=O) groups excluding carboxylic acids is 1. The van der Waals surface area contributed by atoms with Gasteiger partial charge in [0, 0.05) is 23.1 Å². The molecule has 2 aliphatic rings. The summed E-state index contributed by atoms with van der Waals surface area (Å²) in [5.41, 5.74) is 2.83. The smallest absolute Gasteiger partial charge is 0.343 e. The van der Waals surface area contributed by atoms with Gasteiger partial charge < -0.3 is 18.8 Å². The molecule has 0 N–H and O–H groups in total. The number of hydrogen-bond acceptors (Lipinski definition) is 6. The predicted molar refractivity (Wildman–Crippen MR) is 143 cm³/mol. The summed E-state index contributed by atoms with van der Waals surface area (Å²) in [5.74, 6) is 0.371. The van der Waals surface area contributed by atoms with Crippen molar-refractivity contribution < 1.29 is 19.0 Å². The van der Waals surface area contributed by atoms with Crippen molar-refractivity contribution in [3.8, 4) is 17.1 Å². The molecule has 1 atom stereocenters. The average molecular weight is 505 g/mol. The van der Waals surface area contributed by atoms with Gasteiger partial charge in [-0.25, -0.2) is 9.78 Å². The Labute approximate surface area is 217 Å². The maximum absolute atomic E-state index is 13.8. The highest BCUT2D eigenvalue weighted by Crippen LogP contribution is 2.44. The van der Waals surface area contributed by atoms with Crippen molar-refractivity contribution in [1.82, 2.24) is 9.55 Å². The lowest BCUT2D eigenvalue weighted by Crippen LogP contribution is -2.46. The van der Waals surface area contributed by atoms with Crippen molar-refractivity contribution in [3.05, 3.63) is 57.4 Å². The van der Waals surface area contributed by atoms with Crippen LogP contribution in [-0.4, -0.2) is 28.7 Å². The lowest BCUT2D eigenvalue weighted by molar-refractivity contribution is -0.181. The molecule has 0 aliphatic carbocycles. The summed E-state index contributed by atoms with van der Waals surface area (Å²) < 4.78 is 19.9. The number of hydrogen-bond donors (Lipinski definition) is 0. The van der Waals surface area contributed by atoms with E-state index in [0.717, 1.165) is 66.4 Å². The molecule has 2 aromatic heterocycles. The minimum absolute atomic E-state index is 0.0422. The van der Waals surface area contributed by atoms with Gasteiger partial charge in [0.15, 0.2) is 5.60 Å². The molecule has 0 bridgehead atoms. The third-order valence-corrected chi connectivity index (χ3v) is 7.60. The van der Waals surface area contributed by atoms with Crippen LogP contribution in [0.2, 0.25) is 0 Å². The fourth-order valence-electron chi connectivity index (χ4n) is 5.51. The molecule has 37 heavy (non-hydrogen) atoms. The summed E-state index contributed by atoms with van der Waals surface area (Å²) in [5, 5.41) is 0.948. The van der Waals surface area contributed by atoms with Crippen molar-refractivity contribution in [2.75, 3.05) is 13.2 Å². The number of para-hydroxylation sites is 1. The van der Waals surface area contributed by atoms with Crippen LogP contribution in [0.5, 0.6) is 5.75 Å². The van der Waals surface area contributed by atoms with Gasteiger partial charge >= 0.3 is 5.97 Å². The molecular formula is C30H36N2O5. The fourth-order valence-corrected chi connectivity index (χ4v) is 5.51. The number of esters is 1. The lowest BCUT2D eigenvalue weighted by Gasteiger charge is -2.36. The van der Waals surface area contributed by atoms with Gasteiger partial charge in [-0.15, -0.1) is 0 Å². The molecule has 7 heteroatoms. The van der Waals surface area contributed by atoms with E-state index in [9.17, 15) is 9.59 Å². The monoisotopic (exact) mass is 504 g/mol. The Morgan fingerprint density at radius 3 is 2.51 bits per heavy atom. The number of rotatable bonds is 11. The van der Waals surface area contributed by atoms with E-state index >= 15 is 0 Å². The molecule has 0 radical (unpaired) electrons. The van der Waals surface area contributed by atoms with Gasteiger partial charge in [-0.1, -0.05) is 58.6 Å². The van der Waals surface area contributed by atoms with E-state index in [0.29, 0.717) is 43.0 Å². The van der Waals surface area contributed by atoms with Crippen LogP contribution in [0.15, 0.2) is 35.1 Å². The zero-order valence-electron chi connectivity index (χ0n) is 22.1. The Balaban J connectivity index is 1.64. The molecule has 1 aromatic carbocycles. The second-order valence-electron chi connectivity index (χ2n) is 9.97. The van der Waals surface area contributed by atoms with E-state index in [1.54, 1.807) is 4.57 Å². The molecule has 3 aromatic rings. The first-order valence-electron chi connectivity index (χ1n) is 13.7. The lowest BCUT2D eigenvalue weighted by atomic mass is 9.85. The predicted octanol–water partition coefficient (Wildman–Crippen LogP) is 5.86. The van der Waals surface area contributed by atoms with Crippen LogP contribution < -0.4 is 10.3 Å². The highest BCUT2D eigenvalue weighted by Gasteiger charge is 2.48. The van der Waals surface area contributed by atoms with Crippen molar-refractivity contribution in [2.24, 2.45) is 0 Å². The topological polar surface area (TPSA) is 79.6 Å². The Hall–Kier alpha value is -3.19. The molecule has 5 rings (SSSR count). The number of ether oxygens (including phenoxy) is 3. The molecule has 2 aliphatic heterocycles. The van der Waals surface area contributed by atoms with E-state index in [-0.39, 0.29) is 12.2 Å². The molecule has 0 fully saturated rings. The third kappa shape index (κ3) is 4.33. The minimum atomic E-state index is -1.28. The molecule has 0 amide bonds. The van der Waals surface area contributed by atoms with Gasteiger partial charge in [0.2, 0.25) is 0 Å². The van der Waals surface area contributed by atoms with E-state index in [1.165, 1.54) is 0 Å². The van der Waals surface area contributed by atoms with Crippen LogP contribution in [0.3, 0.4) is 0 Å². The number of aromatic nitrogens is 2. The molecule has 0 saturated carbocycles. The normalized spacial score (nSPS) is 17.9. The summed E-state index contributed by atoms with van der Waals surface area (Å²) >= 11 is 0. The van der Waals surface area contributed by atoms with E-state index in [1.807, 2.05) is 37.3 Å². The summed E-state index contributed by atoms with van der Waals surface area (Å²) in [6.45, 7) is 7.58. The maximum Gasteiger partial charge on any atom is 0.343 e. The Morgan fingerprint density at radius 1 is 1.00 bits per heavy atom. The molecule has 7 nitrogen and oxygen atoms in total. The fraction of sp³-hybridized carbons (Fsp3) is 0.500. The molecule has 196 valence electrons. The average Bonchev–Trinajstić information content (AvgIpc) is 3.28. The number of nitrogens with zero attached hydrogens (tertiary/aromatic N) is 2. The van der Waals surface area contributed by atoms with Crippen molar-refractivity contribution in [3.63, 3.8) is 0 Å². The molecule has 0 saturated heterocycles. The van der Waals surface area contributed by atoms with Crippen molar-refractivity contribution in [2.45, 2.75) is 84.5 Å². The maximum atomic E-state index is 13.8. The first kappa shape index (κ1) is 25.5. The Morgan fingerprint density at radius 2 is 1.76 bits per heavy atom. The van der Waals surface area contributed by atoms with Crippen molar-refractivity contribution >= 4 is 16.9 Å². The summed E-state index contributed by atoms with van der Waals surface area (Å²) in [7, 11) is 0. The van der Waals surface area contributed by atoms with E-state index in [2.05, 4.69) is 13.8 Å². The second kappa shape index (κ2) is 10.7. The number of benzene rings is 1. The number of unbranched alkanes of at least 4 members (excludes halogenated alkanes) is 4. The number of pyridine rings is 2. The highest BCUT2D eigenvalue weighted by atomic mass is 16.6. The number of fused-ring (bicyclic) bond motifs is 5. The summed E-state index contributed by atoms with van der Waals surface area (Å²) in [4.78, 5) is 31.9. The first-order chi connectivity index (χ1) is 18.1. The van der Waals surface area contributed by atoms with Crippen LogP contribution in [-0.2, 0) is 33.0 Å². The highest BCUT2D eigenvalue weighted by molar-refractivity contribution is 5.91.